The van der Waals surface area contributed by atoms with Crippen molar-refractivity contribution < 1.29 is 14.6 Å². The Hall–Kier alpha value is -3.39. The topological polar surface area (TPSA) is 107 Å². The van der Waals surface area contributed by atoms with Crippen LogP contribution < -0.4 is 10.5 Å². The number of nitrogens with zero attached hydrogens (tertiary/aromatic N) is 4. The first-order chi connectivity index (χ1) is 15.4. The molecule has 1 aliphatic heterocycles. The van der Waals surface area contributed by atoms with Gasteiger partial charge in [0.1, 0.15) is 11.5 Å². The van der Waals surface area contributed by atoms with Crippen molar-refractivity contribution in [1.29, 1.82) is 0 Å². The Kier molecular flexibility index (Phi) is 6.14. The second-order valence-electron chi connectivity index (χ2n) is 8.46. The van der Waals surface area contributed by atoms with E-state index in [1.54, 1.807) is 17.7 Å². The van der Waals surface area contributed by atoms with Gasteiger partial charge in [-0.2, -0.15) is 0 Å². The molecule has 2 heterocycles. The van der Waals surface area contributed by atoms with Gasteiger partial charge in [0.25, 0.3) is 5.91 Å². The lowest BCUT2D eigenvalue weighted by atomic mass is 9.98. The summed E-state index contributed by atoms with van der Waals surface area (Å²) in [5.41, 5.74) is 8.85. The lowest BCUT2D eigenvalue weighted by Gasteiger charge is -2.17. The maximum atomic E-state index is 12.1. The Balaban J connectivity index is 1.78. The molecule has 8 heteroatoms. The molecular formula is C24H29N5O3. The number of carbonyl (C=O) groups is 1. The highest BCUT2D eigenvalue weighted by molar-refractivity contribution is 5.90. The van der Waals surface area contributed by atoms with Crippen LogP contribution in [0.15, 0.2) is 36.4 Å². The molecule has 2 aromatic carbocycles. The molecule has 0 aliphatic carbocycles. The van der Waals surface area contributed by atoms with E-state index in [4.69, 9.17) is 10.5 Å². The van der Waals surface area contributed by atoms with Gasteiger partial charge in [0.05, 0.1) is 12.7 Å². The number of ether oxygens (including phenoxy) is 1. The van der Waals surface area contributed by atoms with E-state index in [0.717, 1.165) is 25.2 Å². The van der Waals surface area contributed by atoms with E-state index in [-0.39, 0.29) is 17.5 Å². The van der Waals surface area contributed by atoms with Crippen LogP contribution in [0.5, 0.6) is 11.5 Å². The number of benzene rings is 2. The molecule has 0 atom stereocenters. The van der Waals surface area contributed by atoms with E-state index < -0.39 is 5.91 Å². The molecule has 1 aliphatic rings. The quantitative estimate of drug-likeness (QED) is 0.589. The average Bonchev–Trinajstić information content (AvgIpc) is 3.44. The number of nitrogens with two attached hydrogens (primary N) is 1. The molecule has 1 aromatic heterocycles. The number of rotatable bonds is 7. The van der Waals surface area contributed by atoms with Crippen molar-refractivity contribution in [1.82, 2.24) is 19.7 Å². The summed E-state index contributed by atoms with van der Waals surface area (Å²) in [5.74, 6) is 0.389. The molecule has 0 unspecified atom stereocenters. The predicted molar refractivity (Wildman–Crippen MR) is 122 cm³/mol. The Morgan fingerprint density at radius 3 is 2.44 bits per heavy atom. The molecule has 3 N–H and O–H groups in total. The van der Waals surface area contributed by atoms with Crippen LogP contribution in [-0.4, -0.2) is 50.9 Å². The molecule has 1 saturated heterocycles. The number of aromatic nitrogens is 3. The van der Waals surface area contributed by atoms with E-state index in [1.807, 2.05) is 44.2 Å². The molecule has 3 aromatic rings. The van der Waals surface area contributed by atoms with Crippen LogP contribution >= 0.6 is 0 Å². The molecule has 168 valence electrons. The number of likely N-dealkylation sites (tertiary alicyclic amines) is 1. The fraction of sp³-hybridized carbons (Fsp3) is 0.375. The summed E-state index contributed by atoms with van der Waals surface area (Å²) in [7, 11) is 1.57. The Morgan fingerprint density at radius 2 is 1.84 bits per heavy atom. The Bertz CT molecular complexity index is 1120. The number of carbonyl (C=O) groups excluding carboxylic acids is 1. The molecule has 1 fully saturated rings. The lowest BCUT2D eigenvalue weighted by Crippen LogP contribution is -2.19. The molecule has 0 spiro atoms. The largest absolute Gasteiger partial charge is 0.507 e. The summed E-state index contributed by atoms with van der Waals surface area (Å²) >= 11 is 0. The highest BCUT2D eigenvalue weighted by Crippen LogP contribution is 2.38. The van der Waals surface area contributed by atoms with Crippen LogP contribution in [0.4, 0.5) is 0 Å². The predicted octanol–water partition coefficient (Wildman–Crippen LogP) is 3.47. The maximum absolute atomic E-state index is 12.1. The van der Waals surface area contributed by atoms with Crippen LogP contribution in [0.25, 0.3) is 17.1 Å². The van der Waals surface area contributed by atoms with Gasteiger partial charge in [-0.15, -0.1) is 10.2 Å². The molecule has 0 saturated carbocycles. The van der Waals surface area contributed by atoms with Crippen LogP contribution in [0.1, 0.15) is 54.4 Å². The van der Waals surface area contributed by atoms with Gasteiger partial charge in [-0.25, -0.2) is 0 Å². The third-order valence-corrected chi connectivity index (χ3v) is 5.89. The lowest BCUT2D eigenvalue weighted by molar-refractivity contribution is 0.0988. The fourth-order valence-electron chi connectivity index (χ4n) is 4.21. The van der Waals surface area contributed by atoms with Crippen LogP contribution in [0.3, 0.4) is 0 Å². The summed E-state index contributed by atoms with van der Waals surface area (Å²) in [6.45, 7) is 7.22. The van der Waals surface area contributed by atoms with Crippen molar-refractivity contribution in [3.05, 3.63) is 53.3 Å². The maximum Gasteiger partial charge on any atom is 0.287 e. The highest BCUT2D eigenvalue weighted by Gasteiger charge is 2.23. The summed E-state index contributed by atoms with van der Waals surface area (Å²) in [6, 6.07) is 11.3. The van der Waals surface area contributed by atoms with E-state index in [2.05, 4.69) is 15.1 Å². The summed E-state index contributed by atoms with van der Waals surface area (Å²) < 4.78 is 7.01. The molecule has 8 nitrogen and oxygen atoms in total. The van der Waals surface area contributed by atoms with E-state index >= 15 is 0 Å². The van der Waals surface area contributed by atoms with Crippen LogP contribution in [0, 0.1) is 0 Å². The Labute approximate surface area is 187 Å². The van der Waals surface area contributed by atoms with Gasteiger partial charge in [0, 0.05) is 18.3 Å². The third-order valence-electron chi connectivity index (χ3n) is 5.89. The van der Waals surface area contributed by atoms with E-state index in [9.17, 15) is 9.90 Å². The molecule has 32 heavy (non-hydrogen) atoms. The number of phenols is 1. The van der Waals surface area contributed by atoms with Crippen molar-refractivity contribution >= 4 is 5.91 Å². The third kappa shape index (κ3) is 4.18. The first-order valence-electron chi connectivity index (χ1n) is 10.9. The number of hydrogen-bond acceptors (Lipinski definition) is 6. The van der Waals surface area contributed by atoms with Gasteiger partial charge in [-0.1, -0.05) is 26.0 Å². The minimum atomic E-state index is -0.693. The number of phenolic OH excluding ortho intramolecular Hbond substituents is 1. The van der Waals surface area contributed by atoms with Crippen molar-refractivity contribution in [3.63, 3.8) is 0 Å². The van der Waals surface area contributed by atoms with Crippen LogP contribution in [0.2, 0.25) is 0 Å². The molecule has 4 rings (SSSR count). The minimum Gasteiger partial charge on any atom is -0.507 e. The van der Waals surface area contributed by atoms with Gasteiger partial charge >= 0.3 is 0 Å². The van der Waals surface area contributed by atoms with Gasteiger partial charge < -0.3 is 15.6 Å². The van der Waals surface area contributed by atoms with Gasteiger partial charge in [0.2, 0.25) is 5.82 Å². The number of primary amides is 1. The van der Waals surface area contributed by atoms with Crippen molar-refractivity contribution in [3.8, 4) is 28.6 Å². The zero-order chi connectivity index (χ0) is 22.8. The van der Waals surface area contributed by atoms with Gasteiger partial charge in [-0.05, 0) is 61.2 Å². The summed E-state index contributed by atoms with van der Waals surface area (Å²) in [4.78, 5) is 14.5. The minimum absolute atomic E-state index is 0.00797. The number of amides is 1. The molecule has 1 amide bonds. The number of hydrogen-bond donors (Lipinski definition) is 2. The second kappa shape index (κ2) is 9.00. The summed E-state index contributed by atoms with van der Waals surface area (Å²) in [5, 5.41) is 19.0. The standard InChI is InChI=1S/C24H29N5O3/c1-15(2)18-12-19(20(30)13-21(18)32-3)23-26-27-24(22(25)31)29(23)17-8-6-16(7-9-17)14-28-10-4-5-11-28/h6-9,12-13,15,30H,4-5,10-11,14H2,1-3H3,(H2,25,31). The van der Waals surface area contributed by atoms with Crippen LogP contribution in [-0.2, 0) is 6.54 Å². The zero-order valence-electron chi connectivity index (χ0n) is 18.7. The first kappa shape index (κ1) is 21.8. The van der Waals surface area contributed by atoms with Crippen molar-refractivity contribution in [2.75, 3.05) is 20.2 Å². The highest BCUT2D eigenvalue weighted by atomic mass is 16.5. The van der Waals surface area contributed by atoms with Crippen molar-refractivity contribution in [2.45, 2.75) is 39.2 Å². The Morgan fingerprint density at radius 1 is 1.16 bits per heavy atom. The average molecular weight is 436 g/mol. The fourth-order valence-corrected chi connectivity index (χ4v) is 4.21. The van der Waals surface area contributed by atoms with E-state index in [0.29, 0.717) is 22.8 Å². The normalized spacial score (nSPS) is 14.2. The number of aromatic hydroxyl groups is 1. The zero-order valence-corrected chi connectivity index (χ0v) is 18.7. The second-order valence-corrected chi connectivity index (χ2v) is 8.46. The molecule has 0 radical (unpaired) electrons. The van der Waals surface area contributed by atoms with Gasteiger partial charge in [0.15, 0.2) is 5.82 Å². The monoisotopic (exact) mass is 435 g/mol. The first-order valence-corrected chi connectivity index (χ1v) is 10.9. The molecule has 0 bridgehead atoms. The van der Waals surface area contributed by atoms with Gasteiger partial charge in [-0.3, -0.25) is 14.3 Å². The number of methoxy groups -OCH3 is 1. The van der Waals surface area contributed by atoms with Crippen molar-refractivity contribution in [2.24, 2.45) is 5.73 Å². The van der Waals surface area contributed by atoms with E-state index in [1.165, 1.54) is 18.4 Å². The SMILES string of the molecule is COc1cc(O)c(-c2nnc(C(N)=O)n2-c2ccc(CN3CCCC3)cc2)cc1C(C)C. The summed E-state index contributed by atoms with van der Waals surface area (Å²) in [6.07, 6.45) is 2.49. The molecular weight excluding hydrogens is 406 g/mol. The smallest absolute Gasteiger partial charge is 0.287 e.